The SMILES string of the molecule is C[n+]1cc(NC(=O)CSc2nc3c(cc2C#N)CCCC3)on1. The molecule has 1 aliphatic rings. The lowest BCUT2D eigenvalue weighted by Crippen LogP contribution is -2.28. The van der Waals surface area contributed by atoms with Crippen LogP contribution in [0.1, 0.15) is 29.7 Å². The molecule has 3 rings (SSSR count). The molecule has 0 saturated heterocycles. The van der Waals surface area contributed by atoms with Gasteiger partial charge in [0, 0.05) is 5.69 Å². The Kier molecular flexibility index (Phi) is 4.57. The Morgan fingerprint density at radius 3 is 3.09 bits per heavy atom. The first-order valence-electron chi connectivity index (χ1n) is 7.34. The minimum absolute atomic E-state index is 0.158. The van der Waals surface area contributed by atoms with Gasteiger partial charge in [-0.2, -0.15) is 5.26 Å². The van der Waals surface area contributed by atoms with E-state index < -0.39 is 0 Å². The van der Waals surface area contributed by atoms with Gasteiger partial charge in [-0.25, -0.2) is 4.98 Å². The third-order valence-electron chi connectivity index (χ3n) is 3.56. The number of aryl methyl sites for hydroxylation is 3. The van der Waals surface area contributed by atoms with Crippen LogP contribution in [-0.4, -0.2) is 21.9 Å². The highest BCUT2D eigenvalue weighted by Gasteiger charge is 2.17. The minimum Gasteiger partial charge on any atom is -0.288 e. The maximum absolute atomic E-state index is 11.9. The van der Waals surface area contributed by atoms with E-state index >= 15 is 0 Å². The summed E-state index contributed by atoms with van der Waals surface area (Å²) in [7, 11) is 1.70. The molecule has 1 N–H and O–H groups in total. The zero-order chi connectivity index (χ0) is 16.2. The van der Waals surface area contributed by atoms with Gasteiger partial charge in [0.2, 0.25) is 5.91 Å². The average molecular weight is 330 g/mol. The number of amides is 1. The second-order valence-electron chi connectivity index (χ2n) is 5.34. The maximum atomic E-state index is 11.9. The van der Waals surface area contributed by atoms with Crippen molar-refractivity contribution in [3.8, 4) is 6.07 Å². The van der Waals surface area contributed by atoms with Gasteiger partial charge in [0.05, 0.1) is 11.3 Å². The topological polar surface area (TPSA) is 95.7 Å². The smallest absolute Gasteiger partial charge is 0.288 e. The number of rotatable bonds is 4. The van der Waals surface area contributed by atoms with E-state index in [0.717, 1.165) is 36.9 Å². The normalized spacial score (nSPS) is 13.2. The third kappa shape index (κ3) is 3.68. The monoisotopic (exact) mass is 330 g/mol. The summed E-state index contributed by atoms with van der Waals surface area (Å²) in [6.07, 6.45) is 5.75. The van der Waals surface area contributed by atoms with Gasteiger partial charge in [-0.15, -0.1) is 0 Å². The first-order valence-corrected chi connectivity index (χ1v) is 8.32. The Morgan fingerprint density at radius 1 is 1.52 bits per heavy atom. The fourth-order valence-electron chi connectivity index (χ4n) is 2.49. The number of hydrogen-bond acceptors (Lipinski definition) is 6. The molecule has 0 spiro atoms. The van der Waals surface area contributed by atoms with Crippen molar-refractivity contribution in [2.45, 2.75) is 30.7 Å². The third-order valence-corrected chi connectivity index (χ3v) is 4.55. The Morgan fingerprint density at radius 2 is 2.35 bits per heavy atom. The van der Waals surface area contributed by atoms with Crippen molar-refractivity contribution in [2.75, 3.05) is 11.1 Å². The van der Waals surface area contributed by atoms with Gasteiger partial charge in [-0.3, -0.25) is 14.6 Å². The highest BCUT2D eigenvalue weighted by molar-refractivity contribution is 8.00. The molecule has 0 radical (unpaired) electrons. The number of carbonyl (C=O) groups is 1. The summed E-state index contributed by atoms with van der Waals surface area (Å²) in [5.74, 6) is 0.220. The molecule has 0 atom stereocenters. The van der Waals surface area contributed by atoms with E-state index in [-0.39, 0.29) is 17.5 Å². The summed E-state index contributed by atoms with van der Waals surface area (Å²) in [5.41, 5.74) is 2.76. The standard InChI is InChI=1S/C15H15N5O2S/c1-20-8-14(22-19-20)18-13(21)9-23-15-11(7-16)6-10-4-2-3-5-12(10)17-15/h6,8H,2-5,9H2,1H3/p+1. The second-order valence-corrected chi connectivity index (χ2v) is 6.31. The van der Waals surface area contributed by atoms with E-state index in [1.165, 1.54) is 16.4 Å². The quantitative estimate of drug-likeness (QED) is 0.672. The van der Waals surface area contributed by atoms with Crippen LogP contribution in [0.5, 0.6) is 0 Å². The molecule has 2 aromatic heterocycles. The lowest BCUT2D eigenvalue weighted by atomic mass is 9.95. The van der Waals surface area contributed by atoms with Crippen molar-refractivity contribution in [1.82, 2.24) is 10.3 Å². The van der Waals surface area contributed by atoms with Crippen LogP contribution in [0.25, 0.3) is 0 Å². The highest BCUT2D eigenvalue weighted by Crippen LogP contribution is 2.27. The zero-order valence-electron chi connectivity index (χ0n) is 12.7. The Bertz CT molecular complexity index is 781. The van der Waals surface area contributed by atoms with Crippen molar-refractivity contribution in [1.29, 1.82) is 5.26 Å². The fraction of sp³-hybridized carbons (Fsp3) is 0.400. The molecule has 2 heterocycles. The predicted octanol–water partition coefficient (Wildman–Crippen LogP) is 1.38. The summed E-state index contributed by atoms with van der Waals surface area (Å²) >= 11 is 1.26. The van der Waals surface area contributed by atoms with Gasteiger partial charge in [-0.1, -0.05) is 16.4 Å². The van der Waals surface area contributed by atoms with Crippen molar-refractivity contribution < 1.29 is 14.0 Å². The van der Waals surface area contributed by atoms with Crippen molar-refractivity contribution in [3.63, 3.8) is 0 Å². The fourth-order valence-corrected chi connectivity index (χ4v) is 3.27. The number of nitrogens with one attached hydrogen (secondary N) is 1. The predicted molar refractivity (Wildman–Crippen MR) is 82.6 cm³/mol. The molecule has 0 bridgehead atoms. The van der Waals surface area contributed by atoms with Crippen LogP contribution in [0.15, 0.2) is 21.8 Å². The zero-order valence-corrected chi connectivity index (χ0v) is 13.5. The molecular formula is C15H16N5O2S+. The van der Waals surface area contributed by atoms with E-state index in [1.54, 1.807) is 13.2 Å². The van der Waals surface area contributed by atoms with Crippen LogP contribution in [0, 0.1) is 11.3 Å². The summed E-state index contributed by atoms with van der Waals surface area (Å²) < 4.78 is 6.37. The first kappa shape index (κ1) is 15.5. The highest BCUT2D eigenvalue weighted by atomic mass is 32.2. The van der Waals surface area contributed by atoms with Crippen molar-refractivity contribution in [3.05, 3.63) is 29.1 Å². The van der Waals surface area contributed by atoms with Gasteiger partial charge in [0.1, 0.15) is 11.1 Å². The van der Waals surface area contributed by atoms with Crippen LogP contribution in [-0.2, 0) is 24.7 Å². The summed E-state index contributed by atoms with van der Waals surface area (Å²) in [6.45, 7) is 0. The van der Waals surface area contributed by atoms with Gasteiger partial charge in [0.15, 0.2) is 12.3 Å². The van der Waals surface area contributed by atoms with E-state index in [1.807, 2.05) is 6.07 Å². The van der Waals surface area contributed by atoms with E-state index in [9.17, 15) is 10.1 Å². The average Bonchev–Trinajstić information content (AvgIpc) is 2.96. The molecule has 0 unspecified atom stereocenters. The molecule has 0 saturated carbocycles. The van der Waals surface area contributed by atoms with Gasteiger partial charge in [0.25, 0.3) is 6.20 Å². The molecule has 2 aromatic rings. The molecule has 1 aliphatic carbocycles. The van der Waals surface area contributed by atoms with Gasteiger partial charge < -0.3 is 0 Å². The number of nitrogens with zero attached hydrogens (tertiary/aromatic N) is 4. The van der Waals surface area contributed by atoms with E-state index in [0.29, 0.717) is 10.6 Å². The lowest BCUT2D eigenvalue weighted by molar-refractivity contribution is -0.739. The van der Waals surface area contributed by atoms with Gasteiger partial charge in [-0.05, 0) is 37.3 Å². The van der Waals surface area contributed by atoms with Gasteiger partial charge >= 0.3 is 5.88 Å². The Hall–Kier alpha value is -2.40. The summed E-state index contributed by atoms with van der Waals surface area (Å²) in [4.78, 5) is 16.5. The minimum atomic E-state index is -0.227. The number of hydrogen-bond donors (Lipinski definition) is 1. The number of anilines is 1. The summed E-state index contributed by atoms with van der Waals surface area (Å²) in [5, 5.41) is 16.2. The number of nitriles is 1. The maximum Gasteiger partial charge on any atom is 0.302 e. The largest absolute Gasteiger partial charge is 0.302 e. The lowest BCUT2D eigenvalue weighted by Gasteiger charge is -2.16. The van der Waals surface area contributed by atoms with Crippen molar-refractivity contribution in [2.24, 2.45) is 7.05 Å². The second kappa shape index (κ2) is 6.79. The number of carbonyl (C=O) groups excluding carboxylic acids is 1. The summed E-state index contributed by atoms with van der Waals surface area (Å²) in [6, 6.07) is 4.09. The van der Waals surface area contributed by atoms with E-state index in [4.69, 9.17) is 4.52 Å². The number of aromatic nitrogens is 3. The molecule has 7 nitrogen and oxygen atoms in total. The number of thioether (sulfide) groups is 1. The number of fused-ring (bicyclic) bond motifs is 1. The molecule has 1 amide bonds. The van der Waals surface area contributed by atoms with Crippen LogP contribution in [0.3, 0.4) is 0 Å². The molecule has 118 valence electrons. The Labute approximate surface area is 137 Å². The number of pyridine rings is 1. The van der Waals surface area contributed by atoms with Crippen LogP contribution in [0.2, 0.25) is 0 Å². The van der Waals surface area contributed by atoms with Crippen molar-refractivity contribution >= 4 is 23.6 Å². The molecule has 0 fully saturated rings. The van der Waals surface area contributed by atoms with Crippen LogP contribution >= 0.6 is 11.8 Å². The Balaban J connectivity index is 1.67. The van der Waals surface area contributed by atoms with Crippen LogP contribution < -0.4 is 10.00 Å². The molecule has 0 aromatic carbocycles. The molecule has 0 aliphatic heterocycles. The van der Waals surface area contributed by atoms with Crippen LogP contribution in [0.4, 0.5) is 5.88 Å². The van der Waals surface area contributed by atoms with E-state index in [2.05, 4.69) is 21.6 Å². The molecule has 8 heteroatoms. The molecule has 23 heavy (non-hydrogen) atoms. The first-order chi connectivity index (χ1) is 11.2. The molecular weight excluding hydrogens is 314 g/mol.